The van der Waals surface area contributed by atoms with Crippen LogP contribution in [0, 0.1) is 0 Å². The maximum Gasteiger partial charge on any atom is 0.127 e. The molecule has 0 atom stereocenters. The second-order valence-corrected chi connectivity index (χ2v) is 5.19. The summed E-state index contributed by atoms with van der Waals surface area (Å²) in [5, 5.41) is 2.33. The van der Waals surface area contributed by atoms with Crippen LogP contribution in [-0.2, 0) is 6.54 Å². The molecular weight excluding hydrogens is 222 g/mol. The molecule has 18 heavy (non-hydrogen) atoms. The van der Waals surface area contributed by atoms with Gasteiger partial charge < -0.3 is 10.5 Å². The van der Waals surface area contributed by atoms with Gasteiger partial charge in [-0.1, -0.05) is 37.3 Å². The Hall–Kier alpha value is -1.54. The quantitative estimate of drug-likeness (QED) is 0.884. The van der Waals surface area contributed by atoms with Crippen molar-refractivity contribution in [2.24, 2.45) is 5.73 Å². The molecule has 2 aromatic carbocycles. The molecule has 0 fully saturated rings. The van der Waals surface area contributed by atoms with E-state index in [-0.39, 0.29) is 5.60 Å². The van der Waals surface area contributed by atoms with Crippen LogP contribution in [-0.4, -0.2) is 5.60 Å². The first-order valence-electron chi connectivity index (χ1n) is 6.47. The highest BCUT2D eigenvalue weighted by Gasteiger charge is 2.18. The number of hydrogen-bond donors (Lipinski definition) is 1. The predicted molar refractivity (Wildman–Crippen MR) is 76.8 cm³/mol. The molecule has 0 amide bonds. The van der Waals surface area contributed by atoms with Gasteiger partial charge in [-0.3, -0.25) is 0 Å². The Labute approximate surface area is 109 Å². The molecule has 0 saturated carbocycles. The molecule has 0 aromatic heterocycles. The summed E-state index contributed by atoms with van der Waals surface area (Å²) in [4.78, 5) is 0. The summed E-state index contributed by atoms with van der Waals surface area (Å²) in [5.41, 5.74) is 6.79. The lowest BCUT2D eigenvalue weighted by molar-refractivity contribution is 0.107. The van der Waals surface area contributed by atoms with Crippen molar-refractivity contribution in [2.45, 2.75) is 39.3 Å². The Kier molecular flexibility index (Phi) is 3.58. The monoisotopic (exact) mass is 243 g/mol. The minimum Gasteiger partial charge on any atom is -0.487 e. The molecule has 0 spiro atoms. The van der Waals surface area contributed by atoms with Gasteiger partial charge in [0.2, 0.25) is 0 Å². The Morgan fingerprint density at radius 2 is 1.72 bits per heavy atom. The van der Waals surface area contributed by atoms with Gasteiger partial charge in [0, 0.05) is 11.9 Å². The van der Waals surface area contributed by atoms with Gasteiger partial charge in [-0.25, -0.2) is 0 Å². The zero-order valence-electron chi connectivity index (χ0n) is 11.4. The zero-order chi connectivity index (χ0) is 13.2. The molecule has 0 saturated heterocycles. The average molecular weight is 243 g/mol. The van der Waals surface area contributed by atoms with E-state index in [1.54, 1.807) is 0 Å². The summed E-state index contributed by atoms with van der Waals surface area (Å²) in [7, 11) is 0. The van der Waals surface area contributed by atoms with E-state index in [1.807, 2.05) is 18.2 Å². The normalized spacial score (nSPS) is 11.8. The van der Waals surface area contributed by atoms with Gasteiger partial charge in [-0.05, 0) is 37.3 Å². The Balaban J connectivity index is 2.53. The fraction of sp³-hybridized carbons (Fsp3) is 0.375. The van der Waals surface area contributed by atoms with Crippen LogP contribution in [0.1, 0.15) is 32.8 Å². The zero-order valence-corrected chi connectivity index (χ0v) is 11.4. The third-order valence-electron chi connectivity index (χ3n) is 3.43. The summed E-state index contributed by atoms with van der Waals surface area (Å²) in [6, 6.07) is 12.4. The first-order valence-corrected chi connectivity index (χ1v) is 6.47. The number of nitrogens with two attached hydrogens (primary N) is 1. The van der Waals surface area contributed by atoms with Crippen molar-refractivity contribution in [3.05, 3.63) is 42.0 Å². The number of hydrogen-bond acceptors (Lipinski definition) is 2. The minimum absolute atomic E-state index is 0.146. The van der Waals surface area contributed by atoms with Crippen LogP contribution in [0.15, 0.2) is 36.4 Å². The van der Waals surface area contributed by atoms with E-state index in [0.29, 0.717) is 6.54 Å². The molecular formula is C16H21NO. The highest BCUT2D eigenvalue weighted by molar-refractivity contribution is 5.91. The van der Waals surface area contributed by atoms with Crippen molar-refractivity contribution in [3.63, 3.8) is 0 Å². The molecule has 2 N–H and O–H groups in total. The number of ether oxygens (including phenoxy) is 1. The average Bonchev–Trinajstić information content (AvgIpc) is 2.39. The lowest BCUT2D eigenvalue weighted by atomic mass is 10.0. The third kappa shape index (κ3) is 2.49. The van der Waals surface area contributed by atoms with E-state index in [4.69, 9.17) is 10.5 Å². The van der Waals surface area contributed by atoms with Crippen LogP contribution < -0.4 is 10.5 Å². The van der Waals surface area contributed by atoms with E-state index >= 15 is 0 Å². The van der Waals surface area contributed by atoms with Gasteiger partial charge in [0.15, 0.2) is 0 Å². The van der Waals surface area contributed by atoms with Crippen molar-refractivity contribution in [3.8, 4) is 5.75 Å². The van der Waals surface area contributed by atoms with Crippen LogP contribution in [0.2, 0.25) is 0 Å². The second kappa shape index (κ2) is 4.99. The summed E-state index contributed by atoms with van der Waals surface area (Å²) in [6.45, 7) is 6.91. The maximum atomic E-state index is 6.12. The molecule has 2 rings (SSSR count). The minimum atomic E-state index is -0.146. The highest BCUT2D eigenvalue weighted by atomic mass is 16.5. The first-order chi connectivity index (χ1) is 8.57. The molecule has 0 unspecified atom stereocenters. The van der Waals surface area contributed by atoms with Gasteiger partial charge >= 0.3 is 0 Å². The van der Waals surface area contributed by atoms with Crippen LogP contribution in [0.3, 0.4) is 0 Å². The molecule has 2 nitrogen and oxygen atoms in total. The summed E-state index contributed by atoms with van der Waals surface area (Å²) < 4.78 is 6.12. The molecule has 96 valence electrons. The van der Waals surface area contributed by atoms with Gasteiger partial charge in [0.25, 0.3) is 0 Å². The largest absolute Gasteiger partial charge is 0.487 e. The lowest BCUT2D eigenvalue weighted by Gasteiger charge is -2.26. The molecule has 0 aliphatic rings. The smallest absolute Gasteiger partial charge is 0.127 e. The molecule has 0 aliphatic heterocycles. The van der Waals surface area contributed by atoms with Gasteiger partial charge in [0.05, 0.1) is 0 Å². The summed E-state index contributed by atoms with van der Waals surface area (Å²) in [6.07, 6.45) is 0.972. The van der Waals surface area contributed by atoms with E-state index in [2.05, 4.69) is 39.0 Å². The molecule has 0 heterocycles. The molecule has 0 radical (unpaired) electrons. The Bertz CT molecular complexity index is 546. The number of rotatable bonds is 4. The van der Waals surface area contributed by atoms with E-state index in [1.165, 1.54) is 5.39 Å². The Morgan fingerprint density at radius 1 is 1.06 bits per heavy atom. The van der Waals surface area contributed by atoms with Gasteiger partial charge in [0.1, 0.15) is 11.4 Å². The van der Waals surface area contributed by atoms with Crippen molar-refractivity contribution < 1.29 is 4.74 Å². The van der Waals surface area contributed by atoms with Crippen LogP contribution in [0.25, 0.3) is 10.8 Å². The molecule has 0 aliphatic carbocycles. The van der Waals surface area contributed by atoms with Crippen molar-refractivity contribution in [1.82, 2.24) is 0 Å². The topological polar surface area (TPSA) is 35.2 Å². The van der Waals surface area contributed by atoms with E-state index in [0.717, 1.165) is 23.1 Å². The first kappa shape index (κ1) is 12.9. The van der Waals surface area contributed by atoms with E-state index < -0.39 is 0 Å². The van der Waals surface area contributed by atoms with Crippen LogP contribution in [0.5, 0.6) is 5.75 Å². The van der Waals surface area contributed by atoms with Crippen molar-refractivity contribution in [1.29, 1.82) is 0 Å². The van der Waals surface area contributed by atoms with Crippen LogP contribution in [0.4, 0.5) is 0 Å². The molecule has 2 aromatic rings. The summed E-state index contributed by atoms with van der Waals surface area (Å²) in [5.74, 6) is 0.939. The fourth-order valence-electron chi connectivity index (χ4n) is 1.97. The lowest BCUT2D eigenvalue weighted by Crippen LogP contribution is -2.26. The number of fused-ring (bicyclic) bond motifs is 1. The second-order valence-electron chi connectivity index (χ2n) is 5.19. The number of benzene rings is 2. The van der Waals surface area contributed by atoms with Gasteiger partial charge in [-0.2, -0.15) is 0 Å². The molecule has 2 heteroatoms. The van der Waals surface area contributed by atoms with Crippen molar-refractivity contribution >= 4 is 10.8 Å². The maximum absolute atomic E-state index is 6.12. The fourth-order valence-corrected chi connectivity index (χ4v) is 1.97. The molecule has 0 bridgehead atoms. The summed E-state index contributed by atoms with van der Waals surface area (Å²) >= 11 is 0. The van der Waals surface area contributed by atoms with Crippen molar-refractivity contribution in [2.75, 3.05) is 0 Å². The SMILES string of the molecule is CCC(C)(C)Oc1ccc(CN)c2ccccc12. The predicted octanol–water partition coefficient (Wildman–Crippen LogP) is 3.87. The highest BCUT2D eigenvalue weighted by Crippen LogP contribution is 2.31. The van der Waals surface area contributed by atoms with Crippen LogP contribution >= 0.6 is 0 Å². The third-order valence-corrected chi connectivity index (χ3v) is 3.43. The standard InChI is InChI=1S/C16H21NO/c1-4-16(2,3)18-15-10-9-12(11-17)13-7-5-6-8-14(13)15/h5-10H,4,11,17H2,1-3H3. The van der Waals surface area contributed by atoms with E-state index in [9.17, 15) is 0 Å². The Morgan fingerprint density at radius 3 is 2.33 bits per heavy atom. The van der Waals surface area contributed by atoms with Gasteiger partial charge in [-0.15, -0.1) is 0 Å².